The van der Waals surface area contributed by atoms with Crippen LogP contribution >= 0.6 is 11.6 Å². The summed E-state index contributed by atoms with van der Waals surface area (Å²) in [7, 11) is 0. The number of fused-ring (bicyclic) bond motifs is 2. The van der Waals surface area contributed by atoms with Crippen LogP contribution in [-0.2, 0) is 5.41 Å². The van der Waals surface area contributed by atoms with Crippen molar-refractivity contribution in [1.82, 2.24) is 0 Å². The summed E-state index contributed by atoms with van der Waals surface area (Å²) in [6, 6.07) is 15.0. The molecule has 0 atom stereocenters. The van der Waals surface area contributed by atoms with Crippen LogP contribution in [0.5, 0.6) is 11.5 Å². The lowest BCUT2D eigenvalue weighted by Crippen LogP contribution is -2.56. The molecule has 1 nitrogen and oxygen atoms in total. The number of halogens is 1. The zero-order valence-corrected chi connectivity index (χ0v) is 14.4. The van der Waals surface area contributed by atoms with Crippen molar-refractivity contribution < 1.29 is 4.74 Å². The number of hydrogen-bond acceptors (Lipinski definition) is 1. The zero-order valence-electron chi connectivity index (χ0n) is 13.7. The van der Waals surface area contributed by atoms with Gasteiger partial charge in [-0.25, -0.2) is 0 Å². The second kappa shape index (κ2) is 4.58. The Kier molecular flexibility index (Phi) is 2.63. The minimum Gasteiger partial charge on any atom is -0.457 e. The molecule has 0 amide bonds. The molecule has 7 rings (SSSR count). The molecule has 0 unspecified atom stereocenters. The molecule has 4 fully saturated rings. The van der Waals surface area contributed by atoms with Gasteiger partial charge in [0.25, 0.3) is 0 Å². The number of hydrogen-bond donors (Lipinski definition) is 0. The van der Waals surface area contributed by atoms with E-state index in [0.717, 1.165) is 40.2 Å². The normalized spacial score (nSPS) is 37.9. The first-order chi connectivity index (χ1) is 11.7. The zero-order chi connectivity index (χ0) is 15.9. The van der Waals surface area contributed by atoms with Crippen LogP contribution in [0, 0.1) is 23.7 Å². The van der Waals surface area contributed by atoms with Gasteiger partial charge in [0.05, 0.1) is 0 Å². The van der Waals surface area contributed by atoms with Crippen LogP contribution < -0.4 is 4.74 Å². The van der Waals surface area contributed by atoms with Gasteiger partial charge in [-0.05, 0) is 80.0 Å². The summed E-state index contributed by atoms with van der Waals surface area (Å²) >= 11 is 6.44. The minimum atomic E-state index is 0.127. The number of para-hydroxylation sites is 1. The van der Waals surface area contributed by atoms with Crippen LogP contribution in [0.25, 0.3) is 0 Å². The molecule has 0 saturated heterocycles. The van der Waals surface area contributed by atoms with E-state index in [1.54, 1.807) is 0 Å². The smallest absolute Gasteiger partial charge is 0.131 e. The van der Waals surface area contributed by atoms with Crippen LogP contribution in [0.3, 0.4) is 0 Å². The number of benzene rings is 2. The van der Waals surface area contributed by atoms with Crippen LogP contribution in [0.2, 0.25) is 5.02 Å². The van der Waals surface area contributed by atoms with E-state index >= 15 is 0 Å². The lowest BCUT2D eigenvalue weighted by molar-refractivity contribution is -0.0452. The topological polar surface area (TPSA) is 9.23 Å². The van der Waals surface area contributed by atoms with E-state index in [-0.39, 0.29) is 5.41 Å². The average Bonchev–Trinajstić information content (AvgIpc) is 2.58. The van der Waals surface area contributed by atoms with E-state index < -0.39 is 0 Å². The van der Waals surface area contributed by atoms with E-state index in [0.29, 0.717) is 0 Å². The molecule has 0 aromatic heterocycles. The Hall–Kier alpha value is -1.47. The molecule has 1 aliphatic heterocycles. The fourth-order valence-corrected chi connectivity index (χ4v) is 7.05. The molecule has 2 aromatic carbocycles. The predicted molar refractivity (Wildman–Crippen MR) is 95.8 cm³/mol. The fourth-order valence-electron chi connectivity index (χ4n) is 6.88. The Labute approximate surface area is 148 Å². The van der Waals surface area contributed by atoms with Crippen molar-refractivity contribution >= 4 is 11.6 Å². The largest absolute Gasteiger partial charge is 0.457 e. The third kappa shape index (κ3) is 1.57. The summed E-state index contributed by atoms with van der Waals surface area (Å²) in [5.74, 6) is 5.50. The highest BCUT2D eigenvalue weighted by Crippen LogP contribution is 2.68. The highest BCUT2D eigenvalue weighted by molar-refractivity contribution is 6.30. The first-order valence-corrected chi connectivity index (χ1v) is 9.70. The molecule has 4 aliphatic carbocycles. The molecular weight excluding hydrogens is 316 g/mol. The summed E-state index contributed by atoms with van der Waals surface area (Å²) in [4.78, 5) is 0. The Balaban J connectivity index is 1.67. The maximum atomic E-state index is 6.44. The van der Waals surface area contributed by atoms with Crippen molar-refractivity contribution in [2.24, 2.45) is 23.7 Å². The Morgan fingerprint density at radius 1 is 0.792 bits per heavy atom. The lowest BCUT2D eigenvalue weighted by Gasteiger charge is -2.63. The van der Waals surface area contributed by atoms with Gasteiger partial charge in [-0.1, -0.05) is 29.8 Å². The van der Waals surface area contributed by atoms with Crippen LogP contribution in [0.1, 0.15) is 43.2 Å². The first kappa shape index (κ1) is 13.8. The molecule has 4 bridgehead atoms. The van der Waals surface area contributed by atoms with E-state index in [2.05, 4.69) is 36.4 Å². The number of rotatable bonds is 0. The average molecular weight is 337 g/mol. The van der Waals surface area contributed by atoms with Crippen LogP contribution in [0.4, 0.5) is 0 Å². The van der Waals surface area contributed by atoms with Crippen molar-refractivity contribution in [3.8, 4) is 11.5 Å². The third-order valence-electron chi connectivity index (χ3n) is 7.37. The summed E-state index contributed by atoms with van der Waals surface area (Å²) in [6.45, 7) is 0. The van der Waals surface area contributed by atoms with Crippen LogP contribution in [0.15, 0.2) is 42.5 Å². The molecule has 0 radical (unpaired) electrons. The van der Waals surface area contributed by atoms with E-state index in [4.69, 9.17) is 16.3 Å². The molecule has 4 saturated carbocycles. The van der Waals surface area contributed by atoms with Gasteiger partial charge in [-0.15, -0.1) is 0 Å². The Morgan fingerprint density at radius 3 is 2.21 bits per heavy atom. The summed E-state index contributed by atoms with van der Waals surface area (Å²) in [6.07, 6.45) is 7.00. The van der Waals surface area contributed by atoms with Crippen molar-refractivity contribution in [3.63, 3.8) is 0 Å². The van der Waals surface area contributed by atoms with Gasteiger partial charge in [0.2, 0.25) is 0 Å². The Morgan fingerprint density at radius 2 is 1.46 bits per heavy atom. The predicted octanol–water partition coefficient (Wildman–Crippen LogP) is 6.19. The lowest BCUT2D eigenvalue weighted by atomic mass is 9.42. The maximum absolute atomic E-state index is 6.44. The standard InChI is InChI=1S/C22H21ClO/c23-17-5-6-21-19(12-17)22(18-3-1-2-4-20(18)24-21)15-8-13-7-14(10-15)11-16(22)9-13/h1-6,12-16H,7-11H2. The molecule has 122 valence electrons. The summed E-state index contributed by atoms with van der Waals surface area (Å²) < 4.78 is 6.30. The van der Waals surface area contributed by atoms with E-state index in [1.807, 2.05) is 6.07 Å². The van der Waals surface area contributed by atoms with Gasteiger partial charge in [-0.2, -0.15) is 0 Å². The highest BCUT2D eigenvalue weighted by Gasteiger charge is 2.61. The van der Waals surface area contributed by atoms with Gasteiger partial charge >= 0.3 is 0 Å². The van der Waals surface area contributed by atoms with Crippen molar-refractivity contribution in [2.45, 2.75) is 37.5 Å². The maximum Gasteiger partial charge on any atom is 0.131 e. The van der Waals surface area contributed by atoms with Gasteiger partial charge in [-0.3, -0.25) is 0 Å². The molecule has 1 heterocycles. The second-order valence-electron chi connectivity index (χ2n) is 8.41. The molecule has 0 N–H and O–H groups in total. The molecule has 2 aromatic rings. The number of ether oxygens (including phenoxy) is 1. The van der Waals surface area contributed by atoms with E-state index in [1.165, 1.54) is 43.2 Å². The SMILES string of the molecule is Clc1ccc2c(c1)C1(c3ccccc3O2)C2CC3CC(C2)CC1C3. The van der Waals surface area contributed by atoms with Crippen molar-refractivity contribution in [2.75, 3.05) is 0 Å². The quantitative estimate of drug-likeness (QED) is 0.557. The first-order valence-electron chi connectivity index (χ1n) is 9.32. The van der Waals surface area contributed by atoms with Gasteiger partial charge in [0.15, 0.2) is 0 Å². The molecule has 1 spiro atoms. The molecule has 5 aliphatic rings. The van der Waals surface area contributed by atoms with Crippen molar-refractivity contribution in [3.05, 3.63) is 58.6 Å². The molecule has 2 heteroatoms. The van der Waals surface area contributed by atoms with Crippen molar-refractivity contribution in [1.29, 1.82) is 0 Å². The molecular formula is C22H21ClO. The summed E-state index contributed by atoms with van der Waals surface area (Å²) in [5.41, 5.74) is 2.92. The van der Waals surface area contributed by atoms with Gasteiger partial charge < -0.3 is 4.74 Å². The highest BCUT2D eigenvalue weighted by atomic mass is 35.5. The van der Waals surface area contributed by atoms with Gasteiger partial charge in [0, 0.05) is 21.6 Å². The third-order valence-corrected chi connectivity index (χ3v) is 7.60. The van der Waals surface area contributed by atoms with Gasteiger partial charge in [0.1, 0.15) is 11.5 Å². The van der Waals surface area contributed by atoms with Crippen LogP contribution in [-0.4, -0.2) is 0 Å². The summed E-state index contributed by atoms with van der Waals surface area (Å²) in [5, 5.41) is 0.838. The Bertz CT molecular complexity index is 812. The minimum absolute atomic E-state index is 0.127. The van der Waals surface area contributed by atoms with E-state index in [9.17, 15) is 0 Å². The monoisotopic (exact) mass is 336 g/mol. The fraction of sp³-hybridized carbons (Fsp3) is 0.455. The second-order valence-corrected chi connectivity index (χ2v) is 8.85. The molecule has 24 heavy (non-hydrogen) atoms.